The van der Waals surface area contributed by atoms with Crippen LogP contribution < -0.4 is 10.5 Å². The predicted molar refractivity (Wildman–Crippen MR) is 47.0 cm³/mol. The van der Waals surface area contributed by atoms with E-state index in [1.54, 1.807) is 6.07 Å². The largest absolute Gasteiger partial charge is 0.478 e. The van der Waals surface area contributed by atoms with Crippen molar-refractivity contribution in [3.05, 3.63) is 11.8 Å². The van der Waals surface area contributed by atoms with Gasteiger partial charge in [0.15, 0.2) is 0 Å². The molecule has 4 nitrogen and oxygen atoms in total. The number of ether oxygens (including phenoxy) is 1. The van der Waals surface area contributed by atoms with E-state index in [1.807, 2.05) is 0 Å². The van der Waals surface area contributed by atoms with E-state index in [0.29, 0.717) is 11.6 Å². The molecule has 2 N–H and O–H groups in total. The van der Waals surface area contributed by atoms with Crippen molar-refractivity contribution in [3.8, 4) is 5.88 Å². The highest BCUT2D eigenvalue weighted by atomic mass is 16.5. The Morgan fingerprint density at radius 1 is 1.50 bits per heavy atom. The molecule has 0 aromatic carbocycles. The topological polar surface area (TPSA) is 61.0 Å². The van der Waals surface area contributed by atoms with Crippen LogP contribution in [-0.2, 0) is 6.42 Å². The molecule has 1 aromatic rings. The Kier molecular flexibility index (Phi) is 2.85. The van der Waals surface area contributed by atoms with Crippen LogP contribution in [0.5, 0.6) is 5.88 Å². The van der Waals surface area contributed by atoms with Gasteiger partial charge in [0.25, 0.3) is 5.88 Å². The van der Waals surface area contributed by atoms with Crippen molar-refractivity contribution in [1.29, 1.82) is 0 Å². The number of hydrogen-bond donors (Lipinski definition) is 1. The number of hydrogen-bond acceptors (Lipinski definition) is 4. The summed E-state index contributed by atoms with van der Waals surface area (Å²) in [6.07, 6.45) is 1.95. The maximum Gasteiger partial charge on any atom is 0.256 e. The van der Waals surface area contributed by atoms with E-state index in [1.165, 1.54) is 7.11 Å². The highest BCUT2D eigenvalue weighted by molar-refractivity contribution is 5.47. The third-order valence-corrected chi connectivity index (χ3v) is 1.54. The fourth-order valence-electron chi connectivity index (χ4n) is 0.974. The molecular formula is C8H13N3O. The number of aromatic nitrogens is 2. The molecule has 1 aromatic heterocycles. The molecule has 0 saturated carbocycles. The van der Waals surface area contributed by atoms with E-state index < -0.39 is 0 Å². The lowest BCUT2D eigenvalue weighted by Gasteiger charge is -2.02. The van der Waals surface area contributed by atoms with Gasteiger partial charge in [0.2, 0.25) is 0 Å². The van der Waals surface area contributed by atoms with Crippen LogP contribution in [-0.4, -0.2) is 17.3 Å². The molecule has 66 valence electrons. The molecule has 12 heavy (non-hydrogen) atoms. The van der Waals surface area contributed by atoms with Crippen LogP contribution in [0, 0.1) is 0 Å². The number of methoxy groups -OCH3 is 1. The van der Waals surface area contributed by atoms with Gasteiger partial charge in [-0.25, -0.2) is 0 Å². The Morgan fingerprint density at radius 2 is 2.25 bits per heavy atom. The molecular weight excluding hydrogens is 154 g/mol. The molecule has 0 aliphatic carbocycles. The summed E-state index contributed by atoms with van der Waals surface area (Å²) in [4.78, 5) is 0. The van der Waals surface area contributed by atoms with Crippen molar-refractivity contribution < 1.29 is 4.74 Å². The van der Waals surface area contributed by atoms with Crippen LogP contribution in [0.3, 0.4) is 0 Å². The first-order valence-corrected chi connectivity index (χ1v) is 3.94. The van der Waals surface area contributed by atoms with Crippen LogP contribution in [0.2, 0.25) is 0 Å². The van der Waals surface area contributed by atoms with E-state index >= 15 is 0 Å². The highest BCUT2D eigenvalue weighted by Crippen LogP contribution is 2.16. The summed E-state index contributed by atoms with van der Waals surface area (Å²) in [5.74, 6) is 0.398. The molecule has 1 heterocycles. The van der Waals surface area contributed by atoms with Gasteiger partial charge in [-0.3, -0.25) is 0 Å². The Morgan fingerprint density at radius 3 is 2.75 bits per heavy atom. The summed E-state index contributed by atoms with van der Waals surface area (Å²) in [7, 11) is 1.53. The summed E-state index contributed by atoms with van der Waals surface area (Å²) in [5, 5.41) is 7.76. The fourth-order valence-corrected chi connectivity index (χ4v) is 0.974. The number of aryl methyl sites for hydroxylation is 1. The molecule has 0 saturated heterocycles. The average molecular weight is 167 g/mol. The number of nitrogens with zero attached hydrogens (tertiary/aromatic N) is 2. The molecule has 0 aliphatic rings. The first kappa shape index (κ1) is 8.77. The molecule has 4 heteroatoms. The number of nitrogen functional groups attached to an aromatic ring is 1. The summed E-state index contributed by atoms with van der Waals surface area (Å²) in [5.41, 5.74) is 7.10. The Hall–Kier alpha value is -1.32. The monoisotopic (exact) mass is 167 g/mol. The van der Waals surface area contributed by atoms with Crippen molar-refractivity contribution in [3.63, 3.8) is 0 Å². The Balaban J connectivity index is 2.86. The second-order valence-electron chi connectivity index (χ2n) is 2.55. The van der Waals surface area contributed by atoms with Gasteiger partial charge >= 0.3 is 0 Å². The van der Waals surface area contributed by atoms with Gasteiger partial charge in [0.1, 0.15) is 0 Å². The lowest BCUT2D eigenvalue weighted by atomic mass is 10.2. The Bertz CT molecular complexity index is 262. The summed E-state index contributed by atoms with van der Waals surface area (Å²) in [6, 6.07) is 1.80. The van der Waals surface area contributed by atoms with Crippen LogP contribution in [0.25, 0.3) is 0 Å². The van der Waals surface area contributed by atoms with Gasteiger partial charge in [0, 0.05) is 0 Å². The minimum atomic E-state index is 0.398. The molecule has 0 amide bonds. The summed E-state index contributed by atoms with van der Waals surface area (Å²) >= 11 is 0. The van der Waals surface area contributed by atoms with Crippen molar-refractivity contribution in [2.45, 2.75) is 19.8 Å². The first-order valence-electron chi connectivity index (χ1n) is 3.94. The second kappa shape index (κ2) is 3.90. The van der Waals surface area contributed by atoms with Crippen molar-refractivity contribution in [2.24, 2.45) is 0 Å². The molecule has 0 spiro atoms. The van der Waals surface area contributed by atoms with E-state index in [9.17, 15) is 0 Å². The normalized spacial score (nSPS) is 9.83. The lowest BCUT2D eigenvalue weighted by Crippen LogP contribution is -2.00. The third-order valence-electron chi connectivity index (χ3n) is 1.54. The van der Waals surface area contributed by atoms with E-state index in [4.69, 9.17) is 10.5 Å². The van der Waals surface area contributed by atoms with Gasteiger partial charge in [-0.1, -0.05) is 13.3 Å². The van der Waals surface area contributed by atoms with Gasteiger partial charge in [-0.2, -0.15) is 5.10 Å². The van der Waals surface area contributed by atoms with Gasteiger partial charge in [0.05, 0.1) is 18.5 Å². The van der Waals surface area contributed by atoms with Crippen LogP contribution in [0.1, 0.15) is 19.0 Å². The average Bonchev–Trinajstić information content (AvgIpc) is 2.05. The summed E-state index contributed by atoms with van der Waals surface area (Å²) in [6.45, 7) is 2.09. The fraction of sp³-hybridized carbons (Fsp3) is 0.500. The van der Waals surface area contributed by atoms with Gasteiger partial charge in [-0.15, -0.1) is 5.10 Å². The molecule has 0 radical (unpaired) electrons. The van der Waals surface area contributed by atoms with E-state index in [0.717, 1.165) is 18.5 Å². The predicted octanol–water partition coefficient (Wildman–Crippen LogP) is 1.02. The van der Waals surface area contributed by atoms with Crippen LogP contribution in [0.4, 0.5) is 5.69 Å². The van der Waals surface area contributed by atoms with Crippen LogP contribution >= 0.6 is 0 Å². The molecule has 0 unspecified atom stereocenters. The second-order valence-corrected chi connectivity index (χ2v) is 2.55. The first-order chi connectivity index (χ1) is 5.77. The molecule has 0 fully saturated rings. The molecule has 0 aliphatic heterocycles. The standard InChI is InChI=1S/C8H13N3O/c1-3-4-6-5-7(9)8(12-2)11-10-6/h5H,3-4H2,1-2H3,(H2,9,10). The smallest absolute Gasteiger partial charge is 0.256 e. The van der Waals surface area contributed by atoms with Crippen molar-refractivity contribution in [1.82, 2.24) is 10.2 Å². The van der Waals surface area contributed by atoms with Gasteiger partial charge in [-0.05, 0) is 12.5 Å². The number of nitrogens with two attached hydrogens (primary N) is 1. The quantitative estimate of drug-likeness (QED) is 0.730. The Labute approximate surface area is 71.8 Å². The van der Waals surface area contributed by atoms with Crippen LogP contribution in [0.15, 0.2) is 6.07 Å². The minimum absolute atomic E-state index is 0.398. The molecule has 0 bridgehead atoms. The zero-order valence-electron chi connectivity index (χ0n) is 7.37. The van der Waals surface area contributed by atoms with Gasteiger partial charge < -0.3 is 10.5 Å². The molecule has 0 atom stereocenters. The highest BCUT2D eigenvalue weighted by Gasteiger charge is 2.02. The minimum Gasteiger partial charge on any atom is -0.478 e. The van der Waals surface area contributed by atoms with Crippen molar-refractivity contribution in [2.75, 3.05) is 12.8 Å². The third kappa shape index (κ3) is 1.84. The SMILES string of the molecule is CCCc1cc(N)c(OC)nn1. The zero-order valence-corrected chi connectivity index (χ0v) is 7.37. The summed E-state index contributed by atoms with van der Waals surface area (Å²) < 4.78 is 4.88. The van der Waals surface area contributed by atoms with E-state index in [-0.39, 0.29) is 0 Å². The molecule has 1 rings (SSSR count). The number of rotatable bonds is 3. The maximum atomic E-state index is 5.63. The lowest BCUT2D eigenvalue weighted by molar-refractivity contribution is 0.393. The van der Waals surface area contributed by atoms with Crippen molar-refractivity contribution >= 4 is 5.69 Å². The maximum absolute atomic E-state index is 5.63. The number of anilines is 1. The van der Waals surface area contributed by atoms with E-state index in [2.05, 4.69) is 17.1 Å². The zero-order chi connectivity index (χ0) is 8.97.